The molecule has 1 heterocycles. The van der Waals surface area contributed by atoms with Crippen molar-refractivity contribution >= 4 is 38.5 Å². The zero-order valence-electron chi connectivity index (χ0n) is 6.50. The van der Waals surface area contributed by atoms with E-state index in [2.05, 4.69) is 20.9 Å². The Labute approximate surface area is 97.6 Å². The summed E-state index contributed by atoms with van der Waals surface area (Å²) in [6, 6.07) is 9.88. The van der Waals surface area contributed by atoms with Crippen LogP contribution in [0.3, 0.4) is 0 Å². The summed E-state index contributed by atoms with van der Waals surface area (Å²) < 4.78 is 6.82. The molecule has 0 fully saturated rings. The summed E-state index contributed by atoms with van der Waals surface area (Å²) in [7, 11) is 0. The fraction of sp³-hybridized carbons (Fsp3) is 0. The van der Waals surface area contributed by atoms with Crippen molar-refractivity contribution < 1.29 is 4.42 Å². The predicted octanol–water partition coefficient (Wildman–Crippen LogP) is 3.71. The van der Waals surface area contributed by atoms with E-state index in [1.54, 1.807) is 0 Å². The van der Waals surface area contributed by atoms with Gasteiger partial charge in [0.25, 0.3) is 3.90 Å². The second-order valence-corrected chi connectivity index (χ2v) is 4.13. The largest absolute Gasteiger partial charge is 0.431 e. The van der Waals surface area contributed by atoms with E-state index < -0.39 is 0 Å². The van der Waals surface area contributed by atoms with Gasteiger partial charge in [-0.3, -0.25) is 0 Å². The van der Waals surface area contributed by atoms with Gasteiger partial charge in [-0.1, -0.05) is 30.3 Å². The van der Waals surface area contributed by atoms with E-state index in [0.717, 1.165) is 15.9 Å². The number of rotatable bonds is 1. The highest BCUT2D eigenvalue weighted by Crippen LogP contribution is 2.28. The van der Waals surface area contributed by atoms with Crippen LogP contribution in [-0.2, 0) is 0 Å². The third-order valence-electron chi connectivity index (χ3n) is 1.60. The lowest BCUT2D eigenvalue weighted by molar-refractivity contribution is 0.538. The van der Waals surface area contributed by atoms with Gasteiger partial charge in [0.15, 0.2) is 10.4 Å². The Bertz CT molecular complexity index is 413. The molecule has 2 rings (SSSR count). The standard InChI is InChI=1S/C9H5BrINO/c10-8-7(13-9(11)12-8)6-4-2-1-3-5-6/h1-5H. The minimum Gasteiger partial charge on any atom is -0.431 e. The normalized spacial score (nSPS) is 10.3. The van der Waals surface area contributed by atoms with Gasteiger partial charge in [-0.25, -0.2) is 0 Å². The minimum atomic E-state index is 0.642. The van der Waals surface area contributed by atoms with Crippen LogP contribution in [0.2, 0.25) is 0 Å². The molecule has 0 aliphatic heterocycles. The SMILES string of the molecule is Brc1nc(I)oc1-c1ccccc1. The van der Waals surface area contributed by atoms with Crippen molar-refractivity contribution in [3.8, 4) is 11.3 Å². The molecule has 0 unspecified atom stereocenters. The van der Waals surface area contributed by atoms with E-state index >= 15 is 0 Å². The van der Waals surface area contributed by atoms with Crippen molar-refractivity contribution in [3.63, 3.8) is 0 Å². The first-order chi connectivity index (χ1) is 6.27. The number of oxazole rings is 1. The molecule has 1 aromatic heterocycles. The molecule has 0 atom stereocenters. The van der Waals surface area contributed by atoms with Gasteiger partial charge in [0, 0.05) is 28.2 Å². The molecule has 0 aliphatic rings. The number of hydrogen-bond donors (Lipinski definition) is 0. The Morgan fingerprint density at radius 3 is 2.46 bits per heavy atom. The number of halogens is 2. The van der Waals surface area contributed by atoms with Gasteiger partial charge in [0.05, 0.1) is 0 Å². The molecule has 2 nitrogen and oxygen atoms in total. The summed E-state index contributed by atoms with van der Waals surface area (Å²) in [5.41, 5.74) is 1.03. The molecule has 0 bridgehead atoms. The maximum absolute atomic E-state index is 5.43. The first kappa shape index (κ1) is 9.21. The van der Waals surface area contributed by atoms with Crippen LogP contribution in [0.15, 0.2) is 39.4 Å². The van der Waals surface area contributed by atoms with Crippen LogP contribution in [0.5, 0.6) is 0 Å². The van der Waals surface area contributed by atoms with Crippen molar-refractivity contribution in [1.29, 1.82) is 0 Å². The Morgan fingerprint density at radius 2 is 1.92 bits per heavy atom. The molecule has 0 radical (unpaired) electrons. The molecule has 2 aromatic rings. The second kappa shape index (κ2) is 3.79. The Balaban J connectivity index is 2.53. The fourth-order valence-electron chi connectivity index (χ4n) is 1.04. The van der Waals surface area contributed by atoms with Crippen molar-refractivity contribution in [1.82, 2.24) is 4.98 Å². The zero-order chi connectivity index (χ0) is 9.26. The summed E-state index contributed by atoms with van der Waals surface area (Å²) in [4.78, 5) is 4.12. The van der Waals surface area contributed by atoms with E-state index in [1.165, 1.54) is 0 Å². The fourth-order valence-corrected chi connectivity index (χ4v) is 2.31. The Morgan fingerprint density at radius 1 is 1.23 bits per heavy atom. The predicted molar refractivity (Wildman–Crippen MR) is 62.4 cm³/mol. The second-order valence-electron chi connectivity index (χ2n) is 2.45. The number of nitrogens with zero attached hydrogens (tertiary/aromatic N) is 1. The van der Waals surface area contributed by atoms with Crippen molar-refractivity contribution in [2.75, 3.05) is 0 Å². The van der Waals surface area contributed by atoms with Gasteiger partial charge in [0.2, 0.25) is 0 Å². The van der Waals surface area contributed by atoms with E-state index in [9.17, 15) is 0 Å². The Kier molecular flexibility index (Phi) is 2.69. The molecule has 0 saturated heterocycles. The zero-order valence-corrected chi connectivity index (χ0v) is 10.2. The summed E-state index contributed by atoms with van der Waals surface area (Å²) >= 11 is 5.39. The van der Waals surface area contributed by atoms with Gasteiger partial charge in [-0.05, 0) is 15.9 Å². The van der Waals surface area contributed by atoms with Crippen LogP contribution in [0, 0.1) is 3.90 Å². The van der Waals surface area contributed by atoms with Gasteiger partial charge in [-0.15, -0.1) is 0 Å². The van der Waals surface area contributed by atoms with Crippen LogP contribution >= 0.6 is 38.5 Å². The van der Waals surface area contributed by atoms with Crippen LogP contribution < -0.4 is 0 Å². The molecule has 0 aliphatic carbocycles. The van der Waals surface area contributed by atoms with Crippen LogP contribution in [0.4, 0.5) is 0 Å². The topological polar surface area (TPSA) is 26.0 Å². The molecule has 0 amide bonds. The molecule has 66 valence electrons. The maximum atomic E-state index is 5.43. The average molecular weight is 350 g/mol. The van der Waals surface area contributed by atoms with E-state index in [0.29, 0.717) is 3.90 Å². The molecule has 0 saturated carbocycles. The highest BCUT2D eigenvalue weighted by atomic mass is 127. The van der Waals surface area contributed by atoms with E-state index in [1.807, 2.05) is 52.9 Å². The molecular formula is C9H5BrINO. The quantitative estimate of drug-likeness (QED) is 0.733. The molecule has 0 N–H and O–H groups in total. The third-order valence-corrected chi connectivity index (χ3v) is 2.59. The number of aromatic nitrogens is 1. The van der Waals surface area contributed by atoms with Crippen molar-refractivity contribution in [3.05, 3.63) is 38.8 Å². The Hall–Kier alpha value is -0.360. The van der Waals surface area contributed by atoms with Crippen molar-refractivity contribution in [2.24, 2.45) is 0 Å². The monoisotopic (exact) mass is 349 g/mol. The first-order valence-corrected chi connectivity index (χ1v) is 5.52. The van der Waals surface area contributed by atoms with E-state index in [4.69, 9.17) is 4.42 Å². The van der Waals surface area contributed by atoms with Gasteiger partial charge in [0.1, 0.15) is 0 Å². The van der Waals surface area contributed by atoms with Gasteiger partial charge < -0.3 is 4.42 Å². The maximum Gasteiger partial charge on any atom is 0.258 e. The van der Waals surface area contributed by atoms with Gasteiger partial charge in [-0.2, -0.15) is 4.98 Å². The third kappa shape index (κ3) is 1.94. The highest BCUT2D eigenvalue weighted by Gasteiger charge is 2.10. The smallest absolute Gasteiger partial charge is 0.258 e. The lowest BCUT2D eigenvalue weighted by Gasteiger charge is -1.94. The number of benzene rings is 1. The first-order valence-electron chi connectivity index (χ1n) is 3.64. The lowest BCUT2D eigenvalue weighted by Crippen LogP contribution is -1.73. The minimum absolute atomic E-state index is 0.642. The summed E-state index contributed by atoms with van der Waals surface area (Å²) in [6.45, 7) is 0. The van der Waals surface area contributed by atoms with Crippen LogP contribution in [0.25, 0.3) is 11.3 Å². The van der Waals surface area contributed by atoms with E-state index in [-0.39, 0.29) is 0 Å². The summed E-state index contributed by atoms with van der Waals surface area (Å²) in [6.07, 6.45) is 0. The van der Waals surface area contributed by atoms with Crippen molar-refractivity contribution in [2.45, 2.75) is 0 Å². The molecular weight excluding hydrogens is 345 g/mol. The molecule has 4 heteroatoms. The lowest BCUT2D eigenvalue weighted by atomic mass is 10.2. The van der Waals surface area contributed by atoms with Gasteiger partial charge >= 0.3 is 0 Å². The highest BCUT2D eigenvalue weighted by molar-refractivity contribution is 14.1. The van der Waals surface area contributed by atoms with Crippen LogP contribution in [0.1, 0.15) is 0 Å². The number of hydrogen-bond acceptors (Lipinski definition) is 2. The van der Waals surface area contributed by atoms with Crippen LogP contribution in [-0.4, -0.2) is 4.98 Å². The molecule has 13 heavy (non-hydrogen) atoms. The summed E-state index contributed by atoms with van der Waals surface area (Å²) in [5.74, 6) is 0.782. The molecule has 0 spiro atoms. The molecule has 1 aromatic carbocycles. The average Bonchev–Trinajstić information content (AvgIpc) is 2.47. The summed E-state index contributed by atoms with van der Waals surface area (Å²) in [5, 5.41) is 0.